The minimum Gasteiger partial charge on any atom is -0.461 e. The van der Waals surface area contributed by atoms with E-state index in [0.717, 1.165) is 24.7 Å². The third-order valence-electron chi connectivity index (χ3n) is 2.34. The molecule has 0 saturated carbocycles. The second-order valence-electron chi connectivity index (χ2n) is 3.89. The lowest BCUT2D eigenvalue weighted by Crippen LogP contribution is -1.93. The summed E-state index contributed by atoms with van der Waals surface area (Å²) in [5.74, 6) is 1.50. The molecule has 0 amide bonds. The van der Waals surface area contributed by atoms with E-state index in [1.54, 1.807) is 6.92 Å². The van der Waals surface area contributed by atoms with Crippen molar-refractivity contribution >= 4 is 53.6 Å². The number of hydrogen-bond donors (Lipinski definition) is 0. The smallest absolute Gasteiger partial charge is 0.137 e. The van der Waals surface area contributed by atoms with Crippen molar-refractivity contribution in [3.05, 3.63) is 43.4 Å². The Hall–Kier alpha value is -0.390. The Morgan fingerprint density at radius 1 is 1.17 bits per heavy atom. The first-order valence-electron chi connectivity index (χ1n) is 5.20. The van der Waals surface area contributed by atoms with Crippen molar-refractivity contribution in [3.63, 3.8) is 0 Å². The number of benzene rings is 1. The topological polar surface area (TPSA) is 30.2 Å². The van der Waals surface area contributed by atoms with Gasteiger partial charge in [-0.3, -0.25) is 4.79 Å². The summed E-state index contributed by atoms with van der Waals surface area (Å²) in [5, 5.41) is 0. The second-order valence-corrected chi connectivity index (χ2v) is 6.51. The molecular formula is C13H9Br3O2. The van der Waals surface area contributed by atoms with E-state index in [1.807, 2.05) is 24.3 Å². The van der Waals surface area contributed by atoms with Gasteiger partial charge in [0, 0.05) is 19.0 Å². The predicted octanol–water partition coefficient (Wildman–Crippen LogP) is 5.37. The standard InChI is InChI=1S/C13H9Br3O2/c1-7(17)4-9-2-3-12(18-9)13-10(15)5-8(14)6-11(13)16/h2-3,5-6H,4H2,1H3. The van der Waals surface area contributed by atoms with Gasteiger partial charge in [-0.25, -0.2) is 0 Å². The normalized spacial score (nSPS) is 10.7. The zero-order chi connectivity index (χ0) is 13.3. The fraction of sp³-hybridized carbons (Fsp3) is 0.154. The minimum atomic E-state index is 0.0878. The van der Waals surface area contributed by atoms with Gasteiger partial charge >= 0.3 is 0 Å². The summed E-state index contributed by atoms with van der Waals surface area (Å²) in [6, 6.07) is 7.61. The maximum Gasteiger partial charge on any atom is 0.137 e. The van der Waals surface area contributed by atoms with Crippen molar-refractivity contribution in [3.8, 4) is 11.3 Å². The van der Waals surface area contributed by atoms with E-state index in [-0.39, 0.29) is 5.78 Å². The molecule has 0 atom stereocenters. The lowest BCUT2D eigenvalue weighted by molar-refractivity contribution is -0.116. The Labute approximate surface area is 130 Å². The highest BCUT2D eigenvalue weighted by Crippen LogP contribution is 2.38. The van der Waals surface area contributed by atoms with Crippen molar-refractivity contribution in [1.29, 1.82) is 0 Å². The maximum atomic E-state index is 11.1. The number of carbonyl (C=O) groups is 1. The minimum absolute atomic E-state index is 0.0878. The summed E-state index contributed by atoms with van der Waals surface area (Å²) < 4.78 is 8.51. The van der Waals surface area contributed by atoms with Crippen LogP contribution in [-0.2, 0) is 11.2 Å². The van der Waals surface area contributed by atoms with Gasteiger partial charge in [0.05, 0.1) is 6.42 Å². The maximum absolute atomic E-state index is 11.1. The second kappa shape index (κ2) is 5.72. The number of carbonyl (C=O) groups excluding carboxylic acids is 1. The molecule has 0 aliphatic carbocycles. The van der Waals surface area contributed by atoms with E-state index in [2.05, 4.69) is 47.8 Å². The summed E-state index contributed by atoms with van der Waals surface area (Å²) in [6.45, 7) is 1.55. The summed E-state index contributed by atoms with van der Waals surface area (Å²) in [5.41, 5.74) is 0.938. The van der Waals surface area contributed by atoms with E-state index in [9.17, 15) is 4.79 Å². The largest absolute Gasteiger partial charge is 0.461 e. The molecule has 0 N–H and O–H groups in total. The monoisotopic (exact) mass is 434 g/mol. The van der Waals surface area contributed by atoms with Crippen molar-refractivity contribution in [2.24, 2.45) is 0 Å². The van der Waals surface area contributed by atoms with Crippen LogP contribution in [0.2, 0.25) is 0 Å². The van der Waals surface area contributed by atoms with Crippen LogP contribution in [0.5, 0.6) is 0 Å². The fourth-order valence-corrected chi connectivity index (χ4v) is 4.28. The lowest BCUT2D eigenvalue weighted by atomic mass is 10.2. The first-order valence-corrected chi connectivity index (χ1v) is 7.58. The van der Waals surface area contributed by atoms with Crippen LogP contribution in [-0.4, -0.2) is 5.78 Å². The van der Waals surface area contributed by atoms with Crippen molar-refractivity contribution in [1.82, 2.24) is 0 Å². The molecule has 1 aromatic carbocycles. The first-order chi connectivity index (χ1) is 8.47. The van der Waals surface area contributed by atoms with Gasteiger partial charge in [-0.05, 0) is 63.0 Å². The SMILES string of the molecule is CC(=O)Cc1ccc(-c2c(Br)cc(Br)cc2Br)o1. The van der Waals surface area contributed by atoms with Gasteiger partial charge in [0.25, 0.3) is 0 Å². The van der Waals surface area contributed by atoms with Crippen LogP contribution in [0.1, 0.15) is 12.7 Å². The molecule has 2 aromatic rings. The van der Waals surface area contributed by atoms with Crippen LogP contribution in [0.3, 0.4) is 0 Å². The van der Waals surface area contributed by atoms with Crippen LogP contribution in [0.15, 0.2) is 42.1 Å². The van der Waals surface area contributed by atoms with E-state index in [1.165, 1.54) is 0 Å². The Balaban J connectivity index is 2.43. The van der Waals surface area contributed by atoms with Gasteiger partial charge in [-0.15, -0.1) is 0 Å². The zero-order valence-electron chi connectivity index (χ0n) is 9.47. The highest BCUT2D eigenvalue weighted by atomic mass is 79.9. The Morgan fingerprint density at radius 3 is 2.33 bits per heavy atom. The molecule has 5 heteroatoms. The quantitative estimate of drug-likeness (QED) is 0.647. The molecule has 18 heavy (non-hydrogen) atoms. The molecule has 2 rings (SSSR count). The Morgan fingerprint density at radius 2 is 1.78 bits per heavy atom. The molecule has 0 spiro atoms. The highest BCUT2D eigenvalue weighted by molar-refractivity contribution is 9.11. The van der Waals surface area contributed by atoms with E-state index >= 15 is 0 Å². The average molecular weight is 437 g/mol. The molecule has 0 aliphatic rings. The number of ketones is 1. The van der Waals surface area contributed by atoms with Gasteiger partial charge in [0.15, 0.2) is 0 Å². The van der Waals surface area contributed by atoms with Crippen LogP contribution >= 0.6 is 47.8 Å². The molecule has 0 unspecified atom stereocenters. The number of halogens is 3. The molecule has 0 radical (unpaired) electrons. The van der Waals surface area contributed by atoms with Gasteiger partial charge in [0.2, 0.25) is 0 Å². The zero-order valence-corrected chi connectivity index (χ0v) is 14.2. The predicted molar refractivity (Wildman–Crippen MR) is 81.6 cm³/mol. The van der Waals surface area contributed by atoms with Crippen molar-refractivity contribution < 1.29 is 9.21 Å². The molecule has 0 saturated heterocycles. The van der Waals surface area contributed by atoms with E-state index in [4.69, 9.17) is 4.42 Å². The van der Waals surface area contributed by atoms with Crippen molar-refractivity contribution in [2.75, 3.05) is 0 Å². The first kappa shape index (κ1) is 14.0. The number of furan rings is 1. The third kappa shape index (κ3) is 3.13. The molecule has 1 heterocycles. The van der Waals surface area contributed by atoms with Crippen LogP contribution in [0.25, 0.3) is 11.3 Å². The van der Waals surface area contributed by atoms with Crippen LogP contribution in [0, 0.1) is 0 Å². The van der Waals surface area contributed by atoms with E-state index < -0.39 is 0 Å². The summed E-state index contributed by atoms with van der Waals surface area (Å²) in [6.07, 6.45) is 0.325. The lowest BCUT2D eigenvalue weighted by Gasteiger charge is -2.05. The summed E-state index contributed by atoms with van der Waals surface area (Å²) in [7, 11) is 0. The third-order valence-corrected chi connectivity index (χ3v) is 4.05. The number of Topliss-reactive ketones (excluding diaryl/α,β-unsaturated/α-hetero) is 1. The van der Waals surface area contributed by atoms with Crippen LogP contribution < -0.4 is 0 Å². The van der Waals surface area contributed by atoms with Gasteiger partial charge < -0.3 is 4.42 Å². The van der Waals surface area contributed by atoms with Crippen LogP contribution in [0.4, 0.5) is 0 Å². The summed E-state index contributed by atoms with van der Waals surface area (Å²) >= 11 is 10.4. The Kier molecular flexibility index (Phi) is 4.45. The average Bonchev–Trinajstić information content (AvgIpc) is 2.63. The Bertz CT molecular complexity index is 579. The molecule has 1 aromatic heterocycles. The molecule has 0 aliphatic heterocycles. The molecule has 0 bridgehead atoms. The molecule has 0 fully saturated rings. The molecule has 2 nitrogen and oxygen atoms in total. The van der Waals surface area contributed by atoms with Crippen molar-refractivity contribution in [2.45, 2.75) is 13.3 Å². The van der Waals surface area contributed by atoms with Gasteiger partial charge in [-0.1, -0.05) is 15.9 Å². The molecular weight excluding hydrogens is 428 g/mol. The molecule has 94 valence electrons. The highest BCUT2D eigenvalue weighted by Gasteiger charge is 2.13. The fourth-order valence-electron chi connectivity index (χ4n) is 1.63. The number of hydrogen-bond acceptors (Lipinski definition) is 2. The van der Waals surface area contributed by atoms with E-state index in [0.29, 0.717) is 12.2 Å². The van der Waals surface area contributed by atoms with Gasteiger partial charge in [-0.2, -0.15) is 0 Å². The van der Waals surface area contributed by atoms with Gasteiger partial charge in [0.1, 0.15) is 17.3 Å². The number of rotatable bonds is 3. The summed E-state index contributed by atoms with van der Waals surface area (Å²) in [4.78, 5) is 11.1.